The van der Waals surface area contributed by atoms with Crippen molar-refractivity contribution in [2.24, 2.45) is 11.7 Å². The summed E-state index contributed by atoms with van der Waals surface area (Å²) in [6.07, 6.45) is 1.03. The summed E-state index contributed by atoms with van der Waals surface area (Å²) in [5.41, 5.74) is 5.62. The molecular weight excluding hydrogens is 164 g/mol. The first kappa shape index (κ1) is 10.7. The minimum atomic E-state index is -0.265. The lowest BCUT2D eigenvalue weighted by molar-refractivity contribution is -0.135. The number of likely N-dealkylation sites (tertiary alicyclic amines) is 1. The molecule has 66 valence electrons. The van der Waals surface area contributed by atoms with Crippen LogP contribution in [0.4, 0.5) is 0 Å². The van der Waals surface area contributed by atoms with Crippen molar-refractivity contribution in [3.05, 3.63) is 0 Å². The highest BCUT2D eigenvalue weighted by atomic mass is 35.5. The second-order valence-corrected chi connectivity index (χ2v) is 3.05. The van der Waals surface area contributed by atoms with Crippen LogP contribution >= 0.6 is 12.4 Å². The van der Waals surface area contributed by atoms with Gasteiger partial charge in [0.1, 0.15) is 0 Å². The molecule has 2 atom stereocenters. The fourth-order valence-electron chi connectivity index (χ4n) is 1.18. The van der Waals surface area contributed by atoms with Gasteiger partial charge < -0.3 is 10.6 Å². The molecule has 1 aliphatic rings. The fraction of sp³-hybridized carbons (Fsp3) is 0.857. The summed E-state index contributed by atoms with van der Waals surface area (Å²) in [5.74, 6) is 0.433. The minimum absolute atomic E-state index is 0. The number of carbonyl (C=O) groups is 1. The van der Waals surface area contributed by atoms with E-state index in [1.807, 2.05) is 6.92 Å². The van der Waals surface area contributed by atoms with E-state index in [2.05, 4.69) is 0 Å². The third-order valence-electron chi connectivity index (χ3n) is 2.19. The molecule has 0 aromatic heterocycles. The Labute approximate surface area is 73.3 Å². The first-order valence-electron chi connectivity index (χ1n) is 3.63. The number of carbonyl (C=O) groups excluding carboxylic acids is 1. The van der Waals surface area contributed by atoms with E-state index < -0.39 is 0 Å². The highest BCUT2D eigenvalue weighted by molar-refractivity contribution is 5.85. The second kappa shape index (κ2) is 3.93. The molecule has 0 aromatic carbocycles. The third-order valence-corrected chi connectivity index (χ3v) is 2.19. The number of halogens is 1. The van der Waals surface area contributed by atoms with Crippen LogP contribution in [0.2, 0.25) is 0 Å². The summed E-state index contributed by atoms with van der Waals surface area (Å²) in [7, 11) is 1.80. The zero-order valence-electron chi connectivity index (χ0n) is 6.91. The molecule has 1 saturated heterocycles. The van der Waals surface area contributed by atoms with E-state index in [4.69, 9.17) is 5.73 Å². The number of rotatable bonds is 0. The number of hydrogen-bond donors (Lipinski definition) is 1. The highest BCUT2D eigenvalue weighted by Gasteiger charge is 2.28. The minimum Gasteiger partial charge on any atom is -0.344 e. The van der Waals surface area contributed by atoms with Gasteiger partial charge >= 0.3 is 0 Å². The highest BCUT2D eigenvalue weighted by Crippen LogP contribution is 2.14. The maximum Gasteiger partial charge on any atom is 0.239 e. The van der Waals surface area contributed by atoms with Crippen molar-refractivity contribution in [2.75, 3.05) is 13.6 Å². The van der Waals surface area contributed by atoms with E-state index in [1.165, 1.54) is 0 Å². The van der Waals surface area contributed by atoms with Crippen LogP contribution in [0.5, 0.6) is 0 Å². The summed E-state index contributed by atoms with van der Waals surface area (Å²) in [6, 6.07) is -0.265. The van der Waals surface area contributed by atoms with Gasteiger partial charge in [-0.05, 0) is 12.3 Å². The molecule has 4 heteroatoms. The molecule has 0 bridgehead atoms. The molecule has 0 radical (unpaired) electrons. The zero-order valence-corrected chi connectivity index (χ0v) is 7.73. The van der Waals surface area contributed by atoms with Crippen LogP contribution in [0.3, 0.4) is 0 Å². The van der Waals surface area contributed by atoms with E-state index in [9.17, 15) is 4.79 Å². The molecule has 2 unspecified atom stereocenters. The average Bonchev–Trinajstić information content (AvgIpc) is 1.93. The van der Waals surface area contributed by atoms with E-state index in [0.717, 1.165) is 13.0 Å². The summed E-state index contributed by atoms with van der Waals surface area (Å²) in [5, 5.41) is 0. The van der Waals surface area contributed by atoms with Gasteiger partial charge in [-0.2, -0.15) is 0 Å². The Hall–Kier alpha value is -0.280. The molecule has 1 aliphatic heterocycles. The zero-order chi connectivity index (χ0) is 7.72. The van der Waals surface area contributed by atoms with Crippen LogP contribution in [0.1, 0.15) is 13.3 Å². The van der Waals surface area contributed by atoms with Crippen molar-refractivity contribution in [3.63, 3.8) is 0 Å². The molecule has 1 fully saturated rings. The Balaban J connectivity index is 0.000001000. The van der Waals surface area contributed by atoms with Gasteiger partial charge in [-0.25, -0.2) is 0 Å². The quantitative estimate of drug-likeness (QED) is 0.578. The third kappa shape index (κ3) is 2.07. The molecule has 3 nitrogen and oxygen atoms in total. The molecule has 0 aromatic rings. The number of piperidine rings is 1. The van der Waals surface area contributed by atoms with Crippen molar-refractivity contribution < 1.29 is 4.79 Å². The van der Waals surface area contributed by atoms with Gasteiger partial charge in [0.05, 0.1) is 6.04 Å². The van der Waals surface area contributed by atoms with Crippen molar-refractivity contribution in [2.45, 2.75) is 19.4 Å². The van der Waals surface area contributed by atoms with Crippen molar-refractivity contribution in [1.82, 2.24) is 4.90 Å². The molecule has 11 heavy (non-hydrogen) atoms. The van der Waals surface area contributed by atoms with Crippen LogP contribution in [-0.2, 0) is 4.79 Å². The number of nitrogens with two attached hydrogens (primary N) is 1. The molecule has 1 heterocycles. The second-order valence-electron chi connectivity index (χ2n) is 3.05. The summed E-state index contributed by atoms with van der Waals surface area (Å²) in [4.78, 5) is 12.8. The smallest absolute Gasteiger partial charge is 0.239 e. The normalized spacial score (nSPS) is 31.5. The van der Waals surface area contributed by atoms with Crippen LogP contribution in [0, 0.1) is 5.92 Å². The van der Waals surface area contributed by atoms with Gasteiger partial charge in [-0.15, -0.1) is 12.4 Å². The first-order valence-corrected chi connectivity index (χ1v) is 3.63. The molecule has 0 saturated carbocycles. The number of hydrogen-bond acceptors (Lipinski definition) is 2. The monoisotopic (exact) mass is 178 g/mol. The number of likely N-dealkylation sites (N-methyl/N-ethyl adjacent to an activating group) is 1. The Morgan fingerprint density at radius 3 is 2.64 bits per heavy atom. The van der Waals surface area contributed by atoms with Gasteiger partial charge in [0.2, 0.25) is 5.91 Å². The molecule has 0 spiro atoms. The van der Waals surface area contributed by atoms with Gasteiger partial charge in [-0.1, -0.05) is 6.92 Å². The average molecular weight is 179 g/mol. The number of amides is 1. The van der Waals surface area contributed by atoms with Gasteiger partial charge in [0.25, 0.3) is 0 Å². The molecule has 0 aliphatic carbocycles. The fourth-order valence-corrected chi connectivity index (χ4v) is 1.18. The lowest BCUT2D eigenvalue weighted by Crippen LogP contribution is -2.50. The first-order chi connectivity index (χ1) is 4.63. The van der Waals surface area contributed by atoms with Crippen LogP contribution in [0.25, 0.3) is 0 Å². The Morgan fingerprint density at radius 1 is 1.64 bits per heavy atom. The topological polar surface area (TPSA) is 46.3 Å². The van der Waals surface area contributed by atoms with Gasteiger partial charge in [0.15, 0.2) is 0 Å². The van der Waals surface area contributed by atoms with E-state index >= 15 is 0 Å². The predicted octanol–water partition coefficient (Wildman–Crippen LogP) is 0.234. The van der Waals surface area contributed by atoms with Crippen LogP contribution in [-0.4, -0.2) is 30.4 Å². The Kier molecular flexibility index (Phi) is 3.83. The number of nitrogens with zero attached hydrogens (tertiary/aromatic N) is 1. The molecule has 1 rings (SSSR count). The van der Waals surface area contributed by atoms with Crippen LogP contribution < -0.4 is 5.73 Å². The Morgan fingerprint density at radius 2 is 2.18 bits per heavy atom. The summed E-state index contributed by atoms with van der Waals surface area (Å²) < 4.78 is 0. The summed E-state index contributed by atoms with van der Waals surface area (Å²) in [6.45, 7) is 2.88. The van der Waals surface area contributed by atoms with E-state index in [-0.39, 0.29) is 24.4 Å². The van der Waals surface area contributed by atoms with Crippen molar-refractivity contribution >= 4 is 18.3 Å². The Bertz CT molecular complexity index is 151. The van der Waals surface area contributed by atoms with Crippen molar-refractivity contribution in [1.29, 1.82) is 0 Å². The summed E-state index contributed by atoms with van der Waals surface area (Å²) >= 11 is 0. The lowest BCUT2D eigenvalue weighted by Gasteiger charge is -2.31. The van der Waals surface area contributed by atoms with Crippen molar-refractivity contribution in [3.8, 4) is 0 Å². The SMILES string of the molecule is CC1CCN(C)C(=O)C1N.Cl. The van der Waals surface area contributed by atoms with E-state index in [0.29, 0.717) is 5.92 Å². The van der Waals surface area contributed by atoms with Gasteiger partial charge in [0, 0.05) is 13.6 Å². The maximum absolute atomic E-state index is 11.1. The van der Waals surface area contributed by atoms with E-state index in [1.54, 1.807) is 11.9 Å². The molecular formula is C7H15ClN2O. The molecule has 1 amide bonds. The van der Waals surface area contributed by atoms with Gasteiger partial charge in [-0.3, -0.25) is 4.79 Å². The maximum atomic E-state index is 11.1. The van der Waals surface area contributed by atoms with Crippen LogP contribution in [0.15, 0.2) is 0 Å². The standard InChI is InChI=1S/C7H14N2O.ClH/c1-5-3-4-9(2)7(10)6(5)8;/h5-6H,3-4,8H2,1-2H3;1H. The lowest BCUT2D eigenvalue weighted by atomic mass is 9.94. The largest absolute Gasteiger partial charge is 0.344 e. The predicted molar refractivity (Wildman–Crippen MR) is 46.6 cm³/mol. The molecule has 2 N–H and O–H groups in total.